The lowest BCUT2D eigenvalue weighted by Gasteiger charge is -2.02. The van der Waals surface area contributed by atoms with Crippen molar-refractivity contribution in [3.05, 3.63) is 78.7 Å². The molecule has 0 fully saturated rings. The zero-order chi connectivity index (χ0) is 19.1. The van der Waals surface area contributed by atoms with E-state index in [1.807, 2.05) is 25.1 Å². The lowest BCUT2D eigenvalue weighted by Crippen LogP contribution is -2.00. The van der Waals surface area contributed by atoms with Gasteiger partial charge in [0.05, 0.1) is 17.5 Å². The maximum Gasteiger partial charge on any atom is 0.212 e. The summed E-state index contributed by atoms with van der Waals surface area (Å²) in [7, 11) is 0. The van der Waals surface area contributed by atoms with Crippen molar-refractivity contribution in [1.29, 1.82) is 0 Å². The predicted molar refractivity (Wildman–Crippen MR) is 103 cm³/mol. The van der Waals surface area contributed by atoms with E-state index in [0.717, 1.165) is 22.6 Å². The van der Waals surface area contributed by atoms with Crippen LogP contribution in [0.2, 0.25) is 0 Å². The summed E-state index contributed by atoms with van der Waals surface area (Å²) in [6.45, 7) is 5.95. The molecule has 2 N–H and O–H groups in total. The van der Waals surface area contributed by atoms with Crippen molar-refractivity contribution in [2.75, 3.05) is 5.73 Å². The van der Waals surface area contributed by atoms with E-state index in [0.29, 0.717) is 30.5 Å². The number of rotatable bonds is 7. The van der Waals surface area contributed by atoms with Crippen LogP contribution in [0.25, 0.3) is 11.3 Å². The second-order valence-corrected chi connectivity index (χ2v) is 5.81. The highest BCUT2D eigenvalue weighted by atomic mass is 16.5. The molecule has 0 saturated carbocycles. The van der Waals surface area contributed by atoms with Crippen molar-refractivity contribution in [2.45, 2.75) is 20.0 Å². The number of nitrogen functional groups attached to an aromatic ring is 1. The van der Waals surface area contributed by atoms with Crippen LogP contribution >= 0.6 is 0 Å². The number of allylic oxidation sites excluding steroid dienone is 1. The van der Waals surface area contributed by atoms with Gasteiger partial charge in [-0.2, -0.15) is 0 Å². The van der Waals surface area contributed by atoms with Crippen LogP contribution in [0.15, 0.2) is 81.2 Å². The van der Waals surface area contributed by atoms with Crippen LogP contribution in [0.3, 0.4) is 0 Å². The van der Waals surface area contributed by atoms with Crippen LogP contribution in [-0.2, 0) is 17.8 Å². The zero-order valence-corrected chi connectivity index (χ0v) is 15.0. The Bertz CT molecular complexity index is 955. The summed E-state index contributed by atoms with van der Waals surface area (Å²) in [6, 6.07) is 9.12. The molecule has 0 radical (unpaired) electrons. The normalized spacial score (nSPS) is 12.2. The number of anilines is 1. The number of ether oxygens (including phenoxy) is 1. The molecular formula is C20H20N4O3. The minimum atomic E-state index is 0.296. The molecule has 3 heterocycles. The van der Waals surface area contributed by atoms with Gasteiger partial charge in [0.25, 0.3) is 0 Å². The molecule has 7 heteroatoms. The molecule has 3 aromatic heterocycles. The van der Waals surface area contributed by atoms with E-state index in [1.165, 1.54) is 0 Å². The topological polar surface area (TPSA) is 99.7 Å². The molecule has 0 atom stereocenters. The summed E-state index contributed by atoms with van der Waals surface area (Å²) < 4.78 is 16.1. The van der Waals surface area contributed by atoms with Gasteiger partial charge in [0.2, 0.25) is 5.90 Å². The van der Waals surface area contributed by atoms with Gasteiger partial charge in [0.1, 0.15) is 18.2 Å². The minimum Gasteiger partial charge on any atom is -0.469 e. The van der Waals surface area contributed by atoms with Gasteiger partial charge in [-0.1, -0.05) is 11.7 Å². The highest BCUT2D eigenvalue weighted by Crippen LogP contribution is 2.25. The van der Waals surface area contributed by atoms with Gasteiger partial charge < -0.3 is 19.4 Å². The first-order chi connectivity index (χ1) is 13.2. The first-order valence-electron chi connectivity index (χ1n) is 8.33. The maximum atomic E-state index is 5.86. The summed E-state index contributed by atoms with van der Waals surface area (Å²) >= 11 is 0. The second-order valence-electron chi connectivity index (χ2n) is 5.81. The number of pyridine rings is 1. The quantitative estimate of drug-likeness (QED) is 0.499. The third-order valence-electron chi connectivity index (χ3n) is 3.65. The molecule has 0 amide bonds. The molecule has 0 aliphatic heterocycles. The van der Waals surface area contributed by atoms with E-state index in [9.17, 15) is 0 Å². The minimum absolute atomic E-state index is 0.296. The number of nitrogens with two attached hydrogens (primary N) is 1. The summed E-state index contributed by atoms with van der Waals surface area (Å²) in [4.78, 5) is 8.35. The van der Waals surface area contributed by atoms with Gasteiger partial charge in [-0.05, 0) is 42.8 Å². The second kappa shape index (κ2) is 8.66. The molecule has 0 spiro atoms. The fourth-order valence-corrected chi connectivity index (χ4v) is 2.34. The Morgan fingerprint density at radius 3 is 3.00 bits per heavy atom. The van der Waals surface area contributed by atoms with Gasteiger partial charge in [0.15, 0.2) is 5.76 Å². The molecule has 0 aromatic carbocycles. The van der Waals surface area contributed by atoms with Gasteiger partial charge in [-0.25, -0.2) is 9.98 Å². The molecule has 7 nitrogen and oxygen atoms in total. The van der Waals surface area contributed by atoms with Gasteiger partial charge in [0, 0.05) is 24.9 Å². The van der Waals surface area contributed by atoms with Crippen molar-refractivity contribution in [3.63, 3.8) is 0 Å². The molecule has 0 bridgehead atoms. The summed E-state index contributed by atoms with van der Waals surface area (Å²) in [5, 5.41) is 4.08. The molecule has 0 aliphatic rings. The molecule has 3 aromatic rings. The Kier molecular flexibility index (Phi) is 5.84. The predicted octanol–water partition coefficient (Wildman–Crippen LogP) is 4.16. The lowest BCUT2D eigenvalue weighted by atomic mass is 10.1. The van der Waals surface area contributed by atoms with Gasteiger partial charge >= 0.3 is 0 Å². The van der Waals surface area contributed by atoms with E-state index >= 15 is 0 Å². The fraction of sp³-hybridized carbons (Fsp3) is 0.150. The van der Waals surface area contributed by atoms with Crippen molar-refractivity contribution in [1.82, 2.24) is 10.1 Å². The third kappa shape index (κ3) is 4.94. The van der Waals surface area contributed by atoms with E-state index in [1.54, 1.807) is 36.9 Å². The first-order valence-corrected chi connectivity index (χ1v) is 8.33. The van der Waals surface area contributed by atoms with Crippen LogP contribution in [0.5, 0.6) is 0 Å². The summed E-state index contributed by atoms with van der Waals surface area (Å²) in [5.41, 5.74) is 8.34. The van der Waals surface area contributed by atoms with Crippen LogP contribution in [0.4, 0.5) is 5.82 Å². The number of aromatic nitrogens is 2. The zero-order valence-electron chi connectivity index (χ0n) is 15.0. The molecule has 0 unspecified atom stereocenters. The van der Waals surface area contributed by atoms with Gasteiger partial charge in [-0.3, -0.25) is 0 Å². The van der Waals surface area contributed by atoms with Crippen LogP contribution in [0, 0.1) is 0 Å². The SMILES string of the molecule is C=C/C(=N\C=C(/C)Cc1cc(-c2cccnc2N)on1)OCc1ccco1. The highest BCUT2D eigenvalue weighted by molar-refractivity contribution is 5.87. The third-order valence-corrected chi connectivity index (χ3v) is 3.65. The summed E-state index contributed by atoms with van der Waals surface area (Å²) in [6.07, 6.45) is 7.07. The number of hydrogen-bond acceptors (Lipinski definition) is 7. The maximum absolute atomic E-state index is 5.86. The van der Waals surface area contributed by atoms with E-state index in [-0.39, 0.29) is 0 Å². The van der Waals surface area contributed by atoms with Crippen molar-refractivity contribution >= 4 is 11.7 Å². The standard InChI is InChI=1S/C20H20N4O3/c1-3-19(26-13-16-6-5-9-25-16)23-12-14(2)10-15-11-18(27-24-15)17-7-4-8-22-20(17)21/h3-9,11-12H,1,10,13H2,2H3,(H2,21,22)/b14-12+,23-19+. The van der Waals surface area contributed by atoms with Gasteiger partial charge in [-0.15, -0.1) is 0 Å². The van der Waals surface area contributed by atoms with Crippen LogP contribution in [-0.4, -0.2) is 16.0 Å². The number of hydrogen-bond donors (Lipinski definition) is 1. The van der Waals surface area contributed by atoms with E-state index in [4.69, 9.17) is 19.4 Å². The molecule has 27 heavy (non-hydrogen) atoms. The molecule has 0 saturated heterocycles. The number of nitrogens with zero attached hydrogens (tertiary/aromatic N) is 3. The average molecular weight is 364 g/mol. The van der Waals surface area contributed by atoms with Crippen LogP contribution in [0.1, 0.15) is 18.4 Å². The van der Waals surface area contributed by atoms with E-state index < -0.39 is 0 Å². The Balaban J connectivity index is 1.63. The van der Waals surface area contributed by atoms with Crippen LogP contribution < -0.4 is 5.73 Å². The number of aliphatic imine (C=N–C) groups is 1. The molecule has 0 aliphatic carbocycles. The fourth-order valence-electron chi connectivity index (χ4n) is 2.34. The summed E-state index contributed by atoms with van der Waals surface area (Å²) in [5.74, 6) is 2.12. The average Bonchev–Trinajstić information content (AvgIpc) is 3.34. The monoisotopic (exact) mass is 364 g/mol. The largest absolute Gasteiger partial charge is 0.469 e. The van der Waals surface area contributed by atoms with Crippen molar-refractivity contribution in [2.24, 2.45) is 4.99 Å². The van der Waals surface area contributed by atoms with Crippen molar-refractivity contribution < 1.29 is 13.7 Å². The Morgan fingerprint density at radius 2 is 2.26 bits per heavy atom. The Labute approximate surface area is 156 Å². The molecule has 138 valence electrons. The first kappa shape index (κ1) is 18.2. The smallest absolute Gasteiger partial charge is 0.212 e. The Morgan fingerprint density at radius 1 is 1.37 bits per heavy atom. The van der Waals surface area contributed by atoms with E-state index in [2.05, 4.69) is 21.7 Å². The molecular weight excluding hydrogens is 344 g/mol. The lowest BCUT2D eigenvalue weighted by molar-refractivity contribution is 0.260. The molecule has 3 rings (SSSR count). The number of furan rings is 1. The van der Waals surface area contributed by atoms with Crippen molar-refractivity contribution in [3.8, 4) is 11.3 Å². The highest BCUT2D eigenvalue weighted by Gasteiger charge is 2.10. The Hall–Kier alpha value is -3.61.